The third-order valence-electron chi connectivity index (χ3n) is 4.34. The Morgan fingerprint density at radius 2 is 1.93 bits per heavy atom. The number of nitrogen functional groups attached to an aromatic ring is 1. The number of para-hydroxylation sites is 1. The molecule has 0 amide bonds. The number of fused-ring (bicyclic) bond motifs is 1. The number of ether oxygens (including phenoxy) is 2. The molecule has 3 N–H and O–H groups in total. The maximum atomic E-state index is 10.7. The van der Waals surface area contributed by atoms with Gasteiger partial charge in [-0.25, -0.2) is 4.98 Å². The van der Waals surface area contributed by atoms with Gasteiger partial charge in [-0.15, -0.1) is 0 Å². The molecule has 28 heavy (non-hydrogen) atoms. The fraction of sp³-hybridized carbons (Fsp3) is 0.273. The summed E-state index contributed by atoms with van der Waals surface area (Å²) in [5.74, 6) is 1.09. The van der Waals surface area contributed by atoms with Crippen molar-refractivity contribution in [3.05, 3.63) is 60.2 Å². The molecular weight excluding hydrogens is 356 g/mol. The molecule has 0 radical (unpaired) electrons. The van der Waals surface area contributed by atoms with Crippen LogP contribution in [0, 0.1) is 0 Å². The van der Waals surface area contributed by atoms with Crippen LogP contribution < -0.4 is 15.2 Å². The monoisotopic (exact) mass is 380 g/mol. The molecule has 0 aliphatic carbocycles. The molecular formula is C22H24N2O4. The average Bonchev–Trinajstić information content (AvgIpc) is 2.66. The van der Waals surface area contributed by atoms with Crippen LogP contribution >= 0.6 is 0 Å². The van der Waals surface area contributed by atoms with E-state index < -0.39 is 5.97 Å². The van der Waals surface area contributed by atoms with E-state index in [1.807, 2.05) is 31.2 Å². The third-order valence-corrected chi connectivity index (χ3v) is 4.34. The highest BCUT2D eigenvalue weighted by atomic mass is 16.5. The van der Waals surface area contributed by atoms with Gasteiger partial charge in [-0.2, -0.15) is 0 Å². The van der Waals surface area contributed by atoms with Crippen molar-refractivity contribution < 1.29 is 19.4 Å². The van der Waals surface area contributed by atoms with E-state index in [0.717, 1.165) is 40.8 Å². The van der Waals surface area contributed by atoms with E-state index in [1.165, 1.54) is 0 Å². The number of anilines is 1. The normalized spacial score (nSPS) is 11.9. The van der Waals surface area contributed by atoms with Gasteiger partial charge in [0.15, 0.2) is 0 Å². The van der Waals surface area contributed by atoms with Gasteiger partial charge in [-0.05, 0) is 55.7 Å². The smallest absolute Gasteiger partial charge is 0.307 e. The first-order valence-corrected chi connectivity index (χ1v) is 9.27. The molecule has 1 aromatic heterocycles. The Kier molecular flexibility index (Phi) is 6.32. The molecule has 0 aliphatic rings. The predicted octanol–water partition coefficient (Wildman–Crippen LogP) is 4.07. The summed E-state index contributed by atoms with van der Waals surface area (Å²) in [4.78, 5) is 15.1. The van der Waals surface area contributed by atoms with Crippen LogP contribution in [0.15, 0.2) is 54.6 Å². The van der Waals surface area contributed by atoms with Gasteiger partial charge in [0.05, 0.1) is 19.1 Å². The summed E-state index contributed by atoms with van der Waals surface area (Å²) in [7, 11) is 0. The summed E-state index contributed by atoms with van der Waals surface area (Å²) in [5.41, 5.74) is 7.32. The van der Waals surface area contributed by atoms with Crippen molar-refractivity contribution in [3.8, 4) is 11.5 Å². The molecule has 0 spiro atoms. The standard InChI is InChI=1S/C22H24N2O4/c1-15(28-19-6-2-5-17-9-12-20(23)24-22(17)19)4-3-13-27-18-10-7-16(8-11-18)14-21(25)26/h2,5-12,15H,3-4,13-14H2,1H3,(H2,23,24)(H,25,26). The first-order chi connectivity index (χ1) is 13.5. The lowest BCUT2D eigenvalue weighted by Crippen LogP contribution is -2.13. The molecule has 6 heteroatoms. The van der Waals surface area contributed by atoms with Crippen molar-refractivity contribution in [1.82, 2.24) is 4.98 Å². The van der Waals surface area contributed by atoms with Gasteiger partial charge < -0.3 is 20.3 Å². The van der Waals surface area contributed by atoms with Crippen molar-refractivity contribution >= 4 is 22.7 Å². The van der Waals surface area contributed by atoms with Gasteiger partial charge in [0.1, 0.15) is 22.8 Å². The summed E-state index contributed by atoms with van der Waals surface area (Å²) in [6.07, 6.45) is 1.69. The van der Waals surface area contributed by atoms with Crippen LogP contribution in [0.25, 0.3) is 10.9 Å². The van der Waals surface area contributed by atoms with Crippen LogP contribution in [0.5, 0.6) is 11.5 Å². The van der Waals surface area contributed by atoms with Gasteiger partial charge in [0.2, 0.25) is 0 Å². The lowest BCUT2D eigenvalue weighted by molar-refractivity contribution is -0.136. The zero-order valence-electron chi connectivity index (χ0n) is 15.8. The quantitative estimate of drug-likeness (QED) is 0.543. The van der Waals surface area contributed by atoms with Crippen LogP contribution in [-0.2, 0) is 11.2 Å². The number of carboxylic acids is 1. The highest BCUT2D eigenvalue weighted by Gasteiger charge is 2.09. The fourth-order valence-electron chi connectivity index (χ4n) is 2.94. The lowest BCUT2D eigenvalue weighted by atomic mass is 10.1. The minimum Gasteiger partial charge on any atom is -0.494 e. The Morgan fingerprint density at radius 1 is 1.14 bits per heavy atom. The molecule has 1 unspecified atom stereocenters. The van der Waals surface area contributed by atoms with Gasteiger partial charge in [-0.1, -0.05) is 24.3 Å². The van der Waals surface area contributed by atoms with Gasteiger partial charge in [0.25, 0.3) is 0 Å². The third kappa shape index (κ3) is 5.36. The molecule has 0 saturated carbocycles. The second-order valence-electron chi connectivity index (χ2n) is 6.70. The SMILES string of the molecule is CC(CCCOc1ccc(CC(=O)O)cc1)Oc1cccc2ccc(N)nc12. The van der Waals surface area contributed by atoms with Crippen LogP contribution in [0.4, 0.5) is 5.82 Å². The molecule has 0 aliphatic heterocycles. The first-order valence-electron chi connectivity index (χ1n) is 9.27. The van der Waals surface area contributed by atoms with E-state index in [4.69, 9.17) is 20.3 Å². The maximum Gasteiger partial charge on any atom is 0.307 e. The van der Waals surface area contributed by atoms with Crippen molar-refractivity contribution in [1.29, 1.82) is 0 Å². The molecule has 0 bridgehead atoms. The number of nitrogens with two attached hydrogens (primary N) is 1. The number of nitrogens with zero attached hydrogens (tertiary/aromatic N) is 1. The molecule has 3 aromatic rings. The maximum absolute atomic E-state index is 10.7. The Morgan fingerprint density at radius 3 is 2.68 bits per heavy atom. The zero-order chi connectivity index (χ0) is 19.9. The number of aliphatic carboxylic acids is 1. The van der Waals surface area contributed by atoms with E-state index in [-0.39, 0.29) is 12.5 Å². The van der Waals surface area contributed by atoms with E-state index in [2.05, 4.69) is 4.98 Å². The number of benzene rings is 2. The Hall–Kier alpha value is -3.28. The molecule has 6 nitrogen and oxygen atoms in total. The van der Waals surface area contributed by atoms with Crippen LogP contribution in [0.1, 0.15) is 25.3 Å². The number of rotatable bonds is 9. The topological polar surface area (TPSA) is 94.7 Å². The van der Waals surface area contributed by atoms with Crippen LogP contribution in [0.3, 0.4) is 0 Å². The van der Waals surface area contributed by atoms with Crippen LogP contribution in [-0.4, -0.2) is 28.8 Å². The van der Waals surface area contributed by atoms with E-state index in [0.29, 0.717) is 12.4 Å². The largest absolute Gasteiger partial charge is 0.494 e. The Balaban J connectivity index is 1.47. The predicted molar refractivity (Wildman–Crippen MR) is 109 cm³/mol. The second kappa shape index (κ2) is 9.08. The van der Waals surface area contributed by atoms with Crippen molar-refractivity contribution in [2.24, 2.45) is 0 Å². The van der Waals surface area contributed by atoms with Crippen LogP contribution in [0.2, 0.25) is 0 Å². The molecule has 1 heterocycles. The molecule has 146 valence electrons. The van der Waals surface area contributed by atoms with Crippen molar-refractivity contribution in [2.75, 3.05) is 12.3 Å². The summed E-state index contributed by atoms with van der Waals surface area (Å²) >= 11 is 0. The highest BCUT2D eigenvalue weighted by Crippen LogP contribution is 2.26. The number of pyridine rings is 1. The Bertz CT molecular complexity index is 941. The number of aromatic nitrogens is 1. The van der Waals surface area contributed by atoms with Crippen molar-refractivity contribution in [3.63, 3.8) is 0 Å². The summed E-state index contributed by atoms with van der Waals surface area (Å²) < 4.78 is 11.8. The van der Waals surface area contributed by atoms with E-state index in [1.54, 1.807) is 30.3 Å². The molecule has 3 rings (SSSR count). The number of carbonyl (C=O) groups is 1. The molecule has 0 saturated heterocycles. The fourth-order valence-corrected chi connectivity index (χ4v) is 2.94. The second-order valence-corrected chi connectivity index (χ2v) is 6.70. The molecule has 2 aromatic carbocycles. The minimum absolute atomic E-state index is 0.00960. The van der Waals surface area contributed by atoms with Gasteiger partial charge in [-0.3, -0.25) is 4.79 Å². The van der Waals surface area contributed by atoms with E-state index in [9.17, 15) is 4.79 Å². The van der Waals surface area contributed by atoms with Gasteiger partial charge >= 0.3 is 5.97 Å². The summed E-state index contributed by atoms with van der Waals surface area (Å²) in [5, 5.41) is 9.78. The summed E-state index contributed by atoms with van der Waals surface area (Å²) in [6.45, 7) is 2.58. The number of carboxylic acid groups (broad SMARTS) is 1. The zero-order valence-corrected chi connectivity index (χ0v) is 15.8. The molecule has 1 atom stereocenters. The van der Waals surface area contributed by atoms with Gasteiger partial charge in [0, 0.05) is 5.39 Å². The van der Waals surface area contributed by atoms with Crippen molar-refractivity contribution in [2.45, 2.75) is 32.3 Å². The number of hydrogen-bond donors (Lipinski definition) is 2. The highest BCUT2D eigenvalue weighted by molar-refractivity contribution is 5.85. The van der Waals surface area contributed by atoms with E-state index >= 15 is 0 Å². The first kappa shape index (κ1) is 19.5. The molecule has 0 fully saturated rings. The summed E-state index contributed by atoms with van der Waals surface area (Å²) in [6, 6.07) is 16.7. The lowest BCUT2D eigenvalue weighted by Gasteiger charge is -2.16. The minimum atomic E-state index is -0.841. The average molecular weight is 380 g/mol. The Labute approximate surface area is 163 Å². The number of hydrogen-bond acceptors (Lipinski definition) is 5.